The third kappa shape index (κ3) is 6.99. The van der Waals surface area contributed by atoms with Crippen molar-refractivity contribution in [2.45, 2.75) is 31.5 Å². The summed E-state index contributed by atoms with van der Waals surface area (Å²) >= 11 is 0. The van der Waals surface area contributed by atoms with Crippen molar-refractivity contribution in [3.8, 4) is 5.75 Å². The van der Waals surface area contributed by atoms with Gasteiger partial charge in [-0.25, -0.2) is 13.2 Å². The van der Waals surface area contributed by atoms with Crippen LogP contribution < -0.4 is 10.1 Å². The molecule has 1 aromatic rings. The van der Waals surface area contributed by atoms with E-state index in [1.54, 1.807) is 4.90 Å². The first-order chi connectivity index (χ1) is 15.0. The predicted octanol–water partition coefficient (Wildman–Crippen LogP) is 1.86. The van der Waals surface area contributed by atoms with Gasteiger partial charge < -0.3 is 19.9 Å². The van der Waals surface area contributed by atoms with Gasteiger partial charge in [-0.3, -0.25) is 4.79 Å². The number of piperazine rings is 1. The molecule has 1 N–H and O–H groups in total. The molecule has 0 aromatic heterocycles. The molecule has 9 nitrogen and oxygen atoms in total. The van der Waals surface area contributed by atoms with Gasteiger partial charge in [-0.2, -0.15) is 4.31 Å². The Labute approximate surface area is 185 Å². The molecular weight excluding hydrogens is 453 g/mol. The number of hydrogen-bond donors (Lipinski definition) is 1. The number of benzene rings is 1. The minimum absolute atomic E-state index is 0.0366. The Morgan fingerprint density at radius 3 is 2.12 bits per heavy atom. The Kier molecular flexibility index (Phi) is 8.73. The van der Waals surface area contributed by atoms with Gasteiger partial charge in [-0.05, 0) is 38.1 Å². The van der Waals surface area contributed by atoms with Crippen molar-refractivity contribution >= 4 is 22.0 Å². The number of ether oxygens (including phenoxy) is 1. The second-order valence-electron chi connectivity index (χ2n) is 6.96. The van der Waals surface area contributed by atoms with Crippen molar-refractivity contribution in [3.05, 3.63) is 24.3 Å². The summed E-state index contributed by atoms with van der Waals surface area (Å²) in [6.07, 6.45) is -4.69. The van der Waals surface area contributed by atoms with E-state index in [0.717, 1.165) is 24.3 Å². The highest BCUT2D eigenvalue weighted by atomic mass is 32.2. The quantitative estimate of drug-likeness (QED) is 0.613. The Bertz CT molecular complexity index is 881. The summed E-state index contributed by atoms with van der Waals surface area (Å²) < 4.78 is 67.1. The molecule has 180 valence electrons. The number of sulfonamides is 1. The minimum Gasteiger partial charge on any atom is -0.406 e. The maximum Gasteiger partial charge on any atom is 0.573 e. The van der Waals surface area contributed by atoms with Gasteiger partial charge in [0.1, 0.15) is 5.75 Å². The first-order valence-corrected chi connectivity index (χ1v) is 11.6. The average molecular weight is 481 g/mol. The number of carbonyl (C=O) groups excluding carboxylic acids is 2. The molecule has 1 saturated heterocycles. The van der Waals surface area contributed by atoms with Crippen molar-refractivity contribution in [2.24, 2.45) is 0 Å². The molecule has 0 saturated carbocycles. The lowest BCUT2D eigenvalue weighted by atomic mass is 10.3. The Hall–Kier alpha value is -2.54. The number of hydrogen-bond acceptors (Lipinski definition) is 5. The van der Waals surface area contributed by atoms with Crippen molar-refractivity contribution in [1.29, 1.82) is 0 Å². The number of amides is 3. The summed E-state index contributed by atoms with van der Waals surface area (Å²) in [6.45, 7) is 5.48. The van der Waals surface area contributed by atoms with Crippen LogP contribution in [0.15, 0.2) is 29.2 Å². The van der Waals surface area contributed by atoms with E-state index < -0.39 is 22.1 Å². The topological polar surface area (TPSA) is 99.3 Å². The second-order valence-corrected chi connectivity index (χ2v) is 8.90. The molecule has 0 radical (unpaired) electrons. The van der Waals surface area contributed by atoms with Crippen LogP contribution in [0.5, 0.6) is 5.75 Å². The van der Waals surface area contributed by atoms with Crippen molar-refractivity contribution in [3.63, 3.8) is 0 Å². The van der Waals surface area contributed by atoms with Crippen molar-refractivity contribution in [2.75, 3.05) is 45.8 Å². The lowest BCUT2D eigenvalue weighted by molar-refractivity contribution is -0.274. The third-order valence-electron chi connectivity index (χ3n) is 4.95. The van der Waals surface area contributed by atoms with E-state index in [9.17, 15) is 31.2 Å². The van der Waals surface area contributed by atoms with Crippen LogP contribution in [0.4, 0.5) is 18.0 Å². The zero-order valence-corrected chi connectivity index (χ0v) is 18.7. The molecule has 0 bridgehead atoms. The van der Waals surface area contributed by atoms with Gasteiger partial charge in [0.25, 0.3) is 0 Å². The summed E-state index contributed by atoms with van der Waals surface area (Å²) in [7, 11) is -3.93. The molecule has 1 aromatic carbocycles. The first kappa shape index (κ1) is 25.7. The molecular formula is C19H27F3N4O5S. The summed E-state index contributed by atoms with van der Waals surface area (Å²) in [5.74, 6) is -0.574. The first-order valence-electron chi connectivity index (χ1n) is 10.1. The summed E-state index contributed by atoms with van der Waals surface area (Å²) in [5.41, 5.74) is 0. The van der Waals surface area contributed by atoms with Crippen LogP contribution in [0.1, 0.15) is 20.3 Å². The van der Waals surface area contributed by atoms with Gasteiger partial charge in [0, 0.05) is 52.2 Å². The zero-order valence-electron chi connectivity index (χ0n) is 17.9. The lowest BCUT2D eigenvalue weighted by Crippen LogP contribution is -2.53. The molecule has 0 atom stereocenters. The standard InChI is InChI=1S/C19H27F3N4O5S/c1-3-24(4-2)17(27)9-10-23-18(28)25-11-13-26(14-12-25)32(29,30)16-7-5-15(6-8-16)31-19(20,21)22/h5-8H,3-4,9-14H2,1-2H3,(H,23,28). The SMILES string of the molecule is CCN(CC)C(=O)CCNC(=O)N1CCN(S(=O)(=O)c2ccc(OC(F)(F)F)cc2)CC1. The van der Waals surface area contributed by atoms with Gasteiger partial charge >= 0.3 is 12.4 Å². The van der Waals surface area contributed by atoms with Crippen molar-refractivity contribution in [1.82, 2.24) is 19.4 Å². The Balaban J connectivity index is 1.86. The molecule has 13 heteroatoms. The molecule has 1 aliphatic heterocycles. The van der Waals surface area contributed by atoms with Crippen LogP contribution in [0, 0.1) is 0 Å². The van der Waals surface area contributed by atoms with Gasteiger partial charge in [0.2, 0.25) is 15.9 Å². The fraction of sp³-hybridized carbons (Fsp3) is 0.579. The Morgan fingerprint density at radius 2 is 1.62 bits per heavy atom. The molecule has 1 fully saturated rings. The van der Waals surface area contributed by atoms with Crippen molar-refractivity contribution < 1.29 is 35.9 Å². The van der Waals surface area contributed by atoms with E-state index in [1.807, 2.05) is 13.8 Å². The van der Waals surface area contributed by atoms with E-state index >= 15 is 0 Å². The van der Waals surface area contributed by atoms with E-state index in [4.69, 9.17) is 0 Å². The molecule has 0 spiro atoms. The van der Waals surface area contributed by atoms with E-state index in [0.29, 0.717) is 13.1 Å². The largest absolute Gasteiger partial charge is 0.573 e. The van der Waals surface area contributed by atoms with E-state index in [2.05, 4.69) is 10.1 Å². The Morgan fingerprint density at radius 1 is 1.06 bits per heavy atom. The zero-order chi connectivity index (χ0) is 23.9. The number of carbonyl (C=O) groups is 2. The number of alkyl halides is 3. The molecule has 32 heavy (non-hydrogen) atoms. The van der Waals surface area contributed by atoms with Gasteiger partial charge in [-0.1, -0.05) is 0 Å². The predicted molar refractivity (Wildman–Crippen MR) is 109 cm³/mol. The highest BCUT2D eigenvalue weighted by molar-refractivity contribution is 7.89. The maximum atomic E-state index is 12.7. The normalized spacial score (nSPS) is 15.3. The molecule has 2 rings (SSSR count). The highest BCUT2D eigenvalue weighted by Gasteiger charge is 2.32. The molecule has 1 aliphatic rings. The number of nitrogens with one attached hydrogen (secondary N) is 1. The van der Waals surface area contributed by atoms with Crippen LogP contribution in [-0.4, -0.2) is 86.6 Å². The molecule has 1 heterocycles. The van der Waals surface area contributed by atoms with Gasteiger partial charge in [0.05, 0.1) is 4.90 Å². The van der Waals surface area contributed by atoms with Crippen LogP contribution in [-0.2, 0) is 14.8 Å². The summed E-state index contributed by atoms with van der Waals surface area (Å²) in [5, 5.41) is 2.66. The third-order valence-corrected chi connectivity index (χ3v) is 6.87. The molecule has 3 amide bonds. The summed E-state index contributed by atoms with van der Waals surface area (Å²) in [6, 6.07) is 3.57. The van der Waals surface area contributed by atoms with Crippen LogP contribution in [0.25, 0.3) is 0 Å². The van der Waals surface area contributed by atoms with Gasteiger partial charge in [0.15, 0.2) is 0 Å². The average Bonchev–Trinajstić information content (AvgIpc) is 2.74. The lowest BCUT2D eigenvalue weighted by Gasteiger charge is -2.34. The fourth-order valence-corrected chi connectivity index (χ4v) is 4.64. The maximum absolute atomic E-state index is 12.7. The number of halogens is 3. The number of nitrogens with zero attached hydrogens (tertiary/aromatic N) is 3. The molecule has 0 unspecified atom stereocenters. The second kappa shape index (κ2) is 10.9. The van der Waals surface area contributed by atoms with Crippen LogP contribution in [0.2, 0.25) is 0 Å². The highest BCUT2D eigenvalue weighted by Crippen LogP contribution is 2.25. The number of urea groups is 1. The van der Waals surface area contributed by atoms with E-state index in [1.165, 1.54) is 9.21 Å². The smallest absolute Gasteiger partial charge is 0.406 e. The monoisotopic (exact) mass is 480 g/mol. The minimum atomic E-state index is -4.87. The molecule has 0 aliphatic carbocycles. The van der Waals surface area contributed by atoms with E-state index in [-0.39, 0.29) is 56.0 Å². The van der Waals surface area contributed by atoms with Crippen LogP contribution in [0.3, 0.4) is 0 Å². The summed E-state index contributed by atoms with van der Waals surface area (Å²) in [4.78, 5) is 27.2. The fourth-order valence-electron chi connectivity index (χ4n) is 3.22. The van der Waals surface area contributed by atoms with Gasteiger partial charge in [-0.15, -0.1) is 13.2 Å². The van der Waals surface area contributed by atoms with Crippen LogP contribution >= 0.6 is 0 Å². The number of rotatable bonds is 8.